The normalized spacial score (nSPS) is 10.5. The van der Waals surface area contributed by atoms with Gasteiger partial charge in [-0.05, 0) is 30.0 Å². The third-order valence-corrected chi connectivity index (χ3v) is 5.80. The fourth-order valence-corrected chi connectivity index (χ4v) is 4.32. The molecule has 0 aliphatic rings. The summed E-state index contributed by atoms with van der Waals surface area (Å²) in [5.41, 5.74) is 0. The molecule has 0 aliphatic carbocycles. The van der Waals surface area contributed by atoms with E-state index >= 15 is 0 Å². The van der Waals surface area contributed by atoms with Crippen molar-refractivity contribution in [3.8, 4) is 0 Å². The van der Waals surface area contributed by atoms with Gasteiger partial charge >= 0.3 is 0 Å². The van der Waals surface area contributed by atoms with Gasteiger partial charge in [-0.25, -0.2) is 0 Å². The third kappa shape index (κ3) is 3.37. The molecule has 0 saturated carbocycles. The van der Waals surface area contributed by atoms with Gasteiger partial charge in [-0.2, -0.15) is 0 Å². The van der Waals surface area contributed by atoms with Gasteiger partial charge < -0.3 is 0 Å². The van der Waals surface area contributed by atoms with Crippen LogP contribution in [0, 0.1) is 0 Å². The molecule has 0 amide bonds. The van der Waals surface area contributed by atoms with Crippen molar-refractivity contribution in [2.24, 2.45) is 0 Å². The molecule has 0 atom stereocenters. The van der Waals surface area contributed by atoms with Gasteiger partial charge in [0.15, 0.2) is 0 Å². The van der Waals surface area contributed by atoms with Crippen LogP contribution in [0.5, 0.6) is 0 Å². The minimum atomic E-state index is 1.08. The summed E-state index contributed by atoms with van der Waals surface area (Å²) in [6, 6.07) is 8.54. The van der Waals surface area contributed by atoms with Crippen LogP contribution in [0.15, 0.2) is 42.8 Å². The Morgan fingerprint density at radius 2 is 1.94 bits per heavy atom. The summed E-state index contributed by atoms with van der Waals surface area (Å²) in [4.78, 5) is 6.12. The lowest BCUT2D eigenvalue weighted by molar-refractivity contribution is 0.940. The summed E-state index contributed by atoms with van der Waals surface area (Å²) in [6.07, 6.45) is 2.36. The second kappa shape index (κ2) is 6.41. The summed E-state index contributed by atoms with van der Waals surface area (Å²) in [7, 11) is 0. The quantitative estimate of drug-likeness (QED) is 0.616. The molecule has 18 heavy (non-hydrogen) atoms. The Morgan fingerprint density at radius 3 is 2.61 bits per heavy atom. The van der Waals surface area contributed by atoms with Gasteiger partial charge in [-0.1, -0.05) is 44.3 Å². The molecule has 0 radical (unpaired) electrons. The monoisotopic (exact) mass is 292 g/mol. The van der Waals surface area contributed by atoms with Crippen molar-refractivity contribution < 1.29 is 0 Å². The van der Waals surface area contributed by atoms with Crippen molar-refractivity contribution >= 4 is 44.2 Å². The van der Waals surface area contributed by atoms with E-state index in [4.69, 9.17) is 0 Å². The van der Waals surface area contributed by atoms with Crippen LogP contribution in [-0.2, 0) is 6.42 Å². The van der Waals surface area contributed by atoms with Crippen molar-refractivity contribution in [3.05, 3.63) is 57.4 Å². The van der Waals surface area contributed by atoms with Crippen LogP contribution in [0.1, 0.15) is 28.0 Å². The summed E-state index contributed by atoms with van der Waals surface area (Å²) in [6.45, 7) is 10.5. The molecule has 0 spiro atoms. The number of thioether (sulfide) groups is 1. The molecule has 0 saturated heterocycles. The molecule has 0 bridgehead atoms. The summed E-state index contributed by atoms with van der Waals surface area (Å²) in [5, 5.41) is 2.08. The topological polar surface area (TPSA) is 0 Å². The zero-order chi connectivity index (χ0) is 13.0. The highest BCUT2D eigenvalue weighted by molar-refractivity contribution is 8.16. The van der Waals surface area contributed by atoms with E-state index < -0.39 is 0 Å². The number of aryl methyl sites for hydroxylation is 1. The first-order valence-electron chi connectivity index (χ1n) is 5.89. The molecule has 0 fully saturated rings. The molecule has 0 aliphatic heterocycles. The van der Waals surface area contributed by atoms with Crippen molar-refractivity contribution in [2.45, 2.75) is 19.8 Å². The predicted octanol–water partition coefficient (Wildman–Crippen LogP) is 6.14. The lowest BCUT2D eigenvalue weighted by Gasteiger charge is -2.04. The fraction of sp³-hybridized carbons (Fsp3) is 0.200. The van der Waals surface area contributed by atoms with Crippen LogP contribution in [0.2, 0.25) is 0 Å². The highest BCUT2D eigenvalue weighted by Gasteiger charge is 2.08. The van der Waals surface area contributed by atoms with E-state index in [0.29, 0.717) is 0 Å². The molecule has 3 heteroatoms. The molecule has 0 N–H and O–H groups in total. The Bertz CT molecular complexity index is 532. The summed E-state index contributed by atoms with van der Waals surface area (Å²) < 4.78 is 0. The molecule has 2 heterocycles. The SMILES string of the molecule is C=C(SC(=C)c1ccc(CCC)s1)c1cccs1. The lowest BCUT2D eigenvalue weighted by Crippen LogP contribution is -1.74. The van der Waals surface area contributed by atoms with Crippen LogP contribution < -0.4 is 0 Å². The maximum Gasteiger partial charge on any atom is 0.0406 e. The first kappa shape index (κ1) is 13.7. The highest BCUT2D eigenvalue weighted by Crippen LogP contribution is 2.40. The largest absolute Gasteiger partial charge is 0.143 e. The summed E-state index contributed by atoms with van der Waals surface area (Å²) >= 11 is 5.24. The summed E-state index contributed by atoms with van der Waals surface area (Å²) in [5.74, 6) is 0. The van der Waals surface area contributed by atoms with E-state index in [-0.39, 0.29) is 0 Å². The molecular weight excluding hydrogens is 276 g/mol. The van der Waals surface area contributed by atoms with Crippen molar-refractivity contribution in [3.63, 3.8) is 0 Å². The Morgan fingerprint density at radius 1 is 1.17 bits per heavy atom. The second-order valence-electron chi connectivity index (χ2n) is 3.94. The van der Waals surface area contributed by atoms with Gasteiger partial charge in [-0.3, -0.25) is 0 Å². The molecule has 0 unspecified atom stereocenters. The molecule has 0 nitrogen and oxygen atoms in total. The molecular formula is C15H16S3. The second-order valence-corrected chi connectivity index (χ2v) is 7.25. The average molecular weight is 292 g/mol. The van der Waals surface area contributed by atoms with Gasteiger partial charge in [-0.15, -0.1) is 22.7 Å². The average Bonchev–Trinajstić information content (AvgIpc) is 3.00. The smallest absolute Gasteiger partial charge is 0.0406 e. The molecule has 94 valence electrons. The van der Waals surface area contributed by atoms with E-state index in [2.05, 4.69) is 49.7 Å². The van der Waals surface area contributed by atoms with Gasteiger partial charge in [0, 0.05) is 24.4 Å². The fourth-order valence-electron chi connectivity index (χ4n) is 1.60. The Hall–Kier alpha value is -0.770. The minimum Gasteiger partial charge on any atom is -0.143 e. The number of thiophene rings is 2. The maximum atomic E-state index is 4.17. The predicted molar refractivity (Wildman–Crippen MR) is 88.3 cm³/mol. The van der Waals surface area contributed by atoms with Crippen LogP contribution >= 0.6 is 34.4 Å². The number of hydrogen-bond acceptors (Lipinski definition) is 3. The van der Waals surface area contributed by atoms with Crippen molar-refractivity contribution in [1.82, 2.24) is 0 Å². The highest BCUT2D eigenvalue weighted by atomic mass is 32.2. The van der Waals surface area contributed by atoms with Gasteiger partial charge in [0.1, 0.15) is 0 Å². The minimum absolute atomic E-state index is 1.08. The maximum absolute atomic E-state index is 4.17. The van der Waals surface area contributed by atoms with E-state index in [1.165, 1.54) is 21.1 Å². The lowest BCUT2D eigenvalue weighted by atomic mass is 10.3. The van der Waals surface area contributed by atoms with Crippen LogP contribution in [0.25, 0.3) is 9.81 Å². The van der Waals surface area contributed by atoms with E-state index in [0.717, 1.165) is 16.2 Å². The zero-order valence-electron chi connectivity index (χ0n) is 10.4. The third-order valence-electron chi connectivity index (χ3n) is 2.48. The number of rotatable bonds is 6. The molecule has 2 aromatic rings. The Labute approximate surface area is 121 Å². The van der Waals surface area contributed by atoms with E-state index in [1.807, 2.05) is 11.3 Å². The van der Waals surface area contributed by atoms with Gasteiger partial charge in [0.05, 0.1) is 0 Å². The van der Waals surface area contributed by atoms with Gasteiger partial charge in [0.2, 0.25) is 0 Å². The van der Waals surface area contributed by atoms with E-state index in [1.54, 1.807) is 23.1 Å². The number of hydrogen-bond donors (Lipinski definition) is 0. The van der Waals surface area contributed by atoms with Crippen LogP contribution in [-0.4, -0.2) is 0 Å². The molecule has 2 aromatic heterocycles. The van der Waals surface area contributed by atoms with E-state index in [9.17, 15) is 0 Å². The molecule has 2 rings (SSSR count). The molecule has 0 aromatic carbocycles. The van der Waals surface area contributed by atoms with Crippen molar-refractivity contribution in [1.29, 1.82) is 0 Å². The Kier molecular flexibility index (Phi) is 4.87. The standard InChI is InChI=1S/C15H16S3/c1-4-6-13-8-9-15(18-13)12(3)17-11(2)14-7-5-10-16-14/h5,7-10H,2-4,6H2,1H3. The first-order chi connectivity index (χ1) is 8.70. The Balaban J connectivity index is 2.01. The zero-order valence-corrected chi connectivity index (χ0v) is 12.9. The van der Waals surface area contributed by atoms with Gasteiger partial charge in [0.25, 0.3) is 0 Å². The van der Waals surface area contributed by atoms with Crippen LogP contribution in [0.3, 0.4) is 0 Å². The van der Waals surface area contributed by atoms with Crippen molar-refractivity contribution in [2.75, 3.05) is 0 Å². The first-order valence-corrected chi connectivity index (χ1v) is 8.40. The van der Waals surface area contributed by atoms with Crippen LogP contribution in [0.4, 0.5) is 0 Å².